The van der Waals surface area contributed by atoms with Gasteiger partial charge in [-0.2, -0.15) is 9.78 Å². The van der Waals surface area contributed by atoms with Crippen molar-refractivity contribution >= 4 is 17.1 Å². The van der Waals surface area contributed by atoms with Gasteiger partial charge in [0.1, 0.15) is 0 Å². The second-order valence-electron chi connectivity index (χ2n) is 2.55. The van der Waals surface area contributed by atoms with E-state index in [1.165, 1.54) is 12.8 Å². The van der Waals surface area contributed by atoms with E-state index in [-0.39, 0.29) is 5.79 Å². The average molecular weight is 144 g/mol. The molecule has 0 amide bonds. The van der Waals surface area contributed by atoms with E-state index in [9.17, 15) is 0 Å². The van der Waals surface area contributed by atoms with E-state index in [4.69, 9.17) is 22.0 Å². The molecule has 0 aromatic heterocycles. The van der Waals surface area contributed by atoms with Crippen LogP contribution in [-0.4, -0.2) is 10.7 Å². The van der Waals surface area contributed by atoms with Crippen LogP contribution in [0.25, 0.3) is 0 Å². The largest absolute Gasteiger partial charge is 0.265 e. The Morgan fingerprint density at radius 3 is 2.56 bits per heavy atom. The molecule has 0 unspecified atom stereocenters. The molecule has 1 saturated heterocycles. The lowest BCUT2D eigenvalue weighted by atomic mass is 9.95. The van der Waals surface area contributed by atoms with Gasteiger partial charge in [0, 0.05) is 6.42 Å². The van der Waals surface area contributed by atoms with Crippen molar-refractivity contribution < 1.29 is 9.78 Å². The van der Waals surface area contributed by atoms with Gasteiger partial charge in [0.2, 0.25) is 0 Å². The van der Waals surface area contributed by atoms with Crippen LogP contribution in [0.2, 0.25) is 0 Å². The Hall–Kier alpha value is 0.0100. The highest BCUT2D eigenvalue weighted by molar-refractivity contribution is 7.80. The van der Waals surface area contributed by atoms with Crippen LogP contribution in [0, 0.1) is 0 Å². The van der Waals surface area contributed by atoms with Gasteiger partial charge in [-0.25, -0.2) is 0 Å². The molecule has 1 saturated carbocycles. The summed E-state index contributed by atoms with van der Waals surface area (Å²) in [4.78, 5) is 10.6. The van der Waals surface area contributed by atoms with E-state index in [0.29, 0.717) is 0 Å². The maximum absolute atomic E-state index is 5.05. The summed E-state index contributed by atoms with van der Waals surface area (Å²) < 4.78 is 0. The lowest BCUT2D eigenvalue weighted by Crippen LogP contribution is -2.25. The molecule has 9 heavy (non-hydrogen) atoms. The number of hydrogen-bond acceptors (Lipinski definition) is 3. The zero-order valence-electron chi connectivity index (χ0n) is 5.05. The minimum absolute atomic E-state index is 0.381. The van der Waals surface area contributed by atoms with Crippen LogP contribution >= 0.6 is 12.2 Å². The fourth-order valence-corrected chi connectivity index (χ4v) is 1.51. The quantitative estimate of drug-likeness (QED) is 0.293. The molecule has 2 aliphatic rings. The Morgan fingerprint density at radius 2 is 2.11 bits per heavy atom. The third-order valence-corrected chi connectivity index (χ3v) is 2.38. The zero-order chi connectivity index (χ0) is 6.32. The van der Waals surface area contributed by atoms with Gasteiger partial charge in [-0.15, -0.1) is 0 Å². The minimum atomic E-state index is -0.381. The summed E-state index contributed by atoms with van der Waals surface area (Å²) >= 11 is 5.05. The monoisotopic (exact) mass is 144 g/mol. The summed E-state index contributed by atoms with van der Waals surface area (Å²) in [5, 5.41) is 0. The first-order valence-electron chi connectivity index (χ1n) is 3.24. The molecule has 0 aromatic rings. The molecule has 2 rings (SSSR count). The molecule has 0 atom stereocenters. The molecule has 0 bridgehead atoms. The lowest BCUT2D eigenvalue weighted by Gasteiger charge is -2.13. The highest BCUT2D eigenvalue weighted by Gasteiger charge is 2.53. The summed E-state index contributed by atoms with van der Waals surface area (Å²) in [6, 6.07) is 0. The number of thiocarbonyl (C=S) groups is 1. The highest BCUT2D eigenvalue weighted by Crippen LogP contribution is 2.41. The smallest absolute Gasteiger partial charge is 0.189 e. The van der Waals surface area contributed by atoms with E-state index in [1.807, 2.05) is 0 Å². The second kappa shape index (κ2) is 1.75. The van der Waals surface area contributed by atoms with E-state index < -0.39 is 0 Å². The van der Waals surface area contributed by atoms with E-state index in [1.54, 1.807) is 0 Å². The Balaban J connectivity index is 2.12. The van der Waals surface area contributed by atoms with Crippen molar-refractivity contribution in [2.24, 2.45) is 0 Å². The number of rotatable bonds is 0. The van der Waals surface area contributed by atoms with Crippen molar-refractivity contribution in [3.05, 3.63) is 0 Å². The van der Waals surface area contributed by atoms with E-state index in [0.717, 1.165) is 17.7 Å². The van der Waals surface area contributed by atoms with Crippen LogP contribution in [0.5, 0.6) is 0 Å². The van der Waals surface area contributed by atoms with Gasteiger partial charge in [0.05, 0.1) is 4.86 Å². The predicted molar refractivity (Wildman–Crippen MR) is 36.0 cm³/mol. The maximum atomic E-state index is 5.05. The van der Waals surface area contributed by atoms with Crippen molar-refractivity contribution in [3.63, 3.8) is 0 Å². The molecule has 1 spiro atoms. The third-order valence-electron chi connectivity index (χ3n) is 1.87. The van der Waals surface area contributed by atoms with Gasteiger partial charge in [-0.3, -0.25) is 0 Å². The van der Waals surface area contributed by atoms with Gasteiger partial charge >= 0.3 is 0 Å². The number of hydrogen-bond donors (Lipinski definition) is 0. The Bertz CT molecular complexity index is 151. The molecular formula is C6H8O2S. The summed E-state index contributed by atoms with van der Waals surface area (Å²) in [6.07, 6.45) is 4.34. The summed E-state index contributed by atoms with van der Waals surface area (Å²) in [5.74, 6) is -0.381. The molecule has 1 aliphatic carbocycles. The molecule has 1 aliphatic heterocycles. The van der Waals surface area contributed by atoms with Crippen LogP contribution in [0.1, 0.15) is 25.7 Å². The minimum Gasteiger partial charge on any atom is -0.189 e. The van der Waals surface area contributed by atoms with Crippen molar-refractivity contribution in [2.45, 2.75) is 31.5 Å². The summed E-state index contributed by atoms with van der Waals surface area (Å²) in [7, 11) is 0. The van der Waals surface area contributed by atoms with Crippen molar-refractivity contribution in [1.82, 2.24) is 0 Å². The normalized spacial score (nSPS) is 30.9. The molecule has 3 heteroatoms. The fraction of sp³-hybridized carbons (Fsp3) is 0.833. The Morgan fingerprint density at radius 1 is 1.33 bits per heavy atom. The van der Waals surface area contributed by atoms with Gasteiger partial charge in [0.25, 0.3) is 5.79 Å². The Kier molecular flexibility index (Phi) is 1.12. The first kappa shape index (κ1) is 5.77. The molecule has 0 radical (unpaired) electrons. The highest BCUT2D eigenvalue weighted by atomic mass is 32.1. The lowest BCUT2D eigenvalue weighted by molar-refractivity contribution is 0.0850. The maximum Gasteiger partial charge on any atom is 0.265 e. The first-order chi connectivity index (χ1) is 4.33. The first-order valence-corrected chi connectivity index (χ1v) is 3.64. The topological polar surface area (TPSA) is 25.1 Å². The zero-order valence-corrected chi connectivity index (χ0v) is 5.87. The van der Waals surface area contributed by atoms with E-state index in [2.05, 4.69) is 0 Å². The van der Waals surface area contributed by atoms with Crippen LogP contribution < -0.4 is 0 Å². The molecule has 1 heterocycles. The third kappa shape index (κ3) is 0.801. The van der Waals surface area contributed by atoms with Crippen molar-refractivity contribution in [1.29, 1.82) is 0 Å². The van der Waals surface area contributed by atoms with Gasteiger partial charge in [-0.1, -0.05) is 12.2 Å². The summed E-state index contributed by atoms with van der Waals surface area (Å²) in [5.41, 5.74) is 0. The molecule has 2 fully saturated rings. The van der Waals surface area contributed by atoms with Gasteiger partial charge < -0.3 is 0 Å². The van der Waals surface area contributed by atoms with Crippen LogP contribution in [0.3, 0.4) is 0 Å². The molecular weight excluding hydrogens is 136 g/mol. The molecule has 0 aromatic carbocycles. The fourth-order valence-electron chi connectivity index (χ4n) is 1.20. The standard InChI is InChI=1S/C6H8O2S/c9-5-3-1-2-4-6(5)7-8-6/h1-4H2. The van der Waals surface area contributed by atoms with Crippen molar-refractivity contribution in [2.75, 3.05) is 0 Å². The molecule has 50 valence electrons. The van der Waals surface area contributed by atoms with Crippen molar-refractivity contribution in [3.8, 4) is 0 Å². The predicted octanol–water partition coefficient (Wildman–Crippen LogP) is 1.59. The Labute approximate surface area is 59.1 Å². The van der Waals surface area contributed by atoms with Gasteiger partial charge in [-0.05, 0) is 19.3 Å². The van der Waals surface area contributed by atoms with Crippen LogP contribution in [0.15, 0.2) is 0 Å². The van der Waals surface area contributed by atoms with Crippen LogP contribution in [0.4, 0.5) is 0 Å². The second-order valence-corrected chi connectivity index (χ2v) is 3.04. The molecule has 0 N–H and O–H groups in total. The summed E-state index contributed by atoms with van der Waals surface area (Å²) in [6.45, 7) is 0. The van der Waals surface area contributed by atoms with E-state index >= 15 is 0 Å². The average Bonchev–Trinajstić information content (AvgIpc) is 2.60. The van der Waals surface area contributed by atoms with Gasteiger partial charge in [0.15, 0.2) is 0 Å². The van der Waals surface area contributed by atoms with Crippen LogP contribution in [-0.2, 0) is 9.78 Å². The SMILES string of the molecule is S=C1CCCCC12OO2. The molecule has 2 nitrogen and oxygen atoms in total.